The van der Waals surface area contributed by atoms with Crippen LogP contribution in [-0.4, -0.2) is 42.0 Å². The number of carbonyl (C=O) groups excluding carboxylic acids is 1. The summed E-state index contributed by atoms with van der Waals surface area (Å²) in [4.78, 5) is 18.6. The highest BCUT2D eigenvalue weighted by molar-refractivity contribution is 5.92. The normalized spacial score (nSPS) is 18.6. The Morgan fingerprint density at radius 2 is 2.40 bits per heavy atom. The summed E-state index contributed by atoms with van der Waals surface area (Å²) in [7, 11) is 1.93. The average molecular weight is 272 g/mol. The lowest BCUT2D eigenvalue weighted by molar-refractivity contribution is 0.0596. The van der Waals surface area contributed by atoms with Crippen LogP contribution in [0.4, 0.5) is 0 Å². The largest absolute Gasteiger partial charge is 0.334 e. The summed E-state index contributed by atoms with van der Waals surface area (Å²) in [6.07, 6.45) is 5.72. The molecule has 106 valence electrons. The third kappa shape index (κ3) is 3.34. The number of piperidine rings is 1. The van der Waals surface area contributed by atoms with E-state index in [1.807, 2.05) is 18.0 Å². The van der Waals surface area contributed by atoms with Gasteiger partial charge in [0.2, 0.25) is 0 Å². The number of aromatic nitrogens is 1. The molecule has 20 heavy (non-hydrogen) atoms. The number of hydrogen-bond acceptors (Lipinski definition) is 4. The van der Waals surface area contributed by atoms with Crippen molar-refractivity contribution in [3.8, 4) is 6.07 Å². The first-order chi connectivity index (χ1) is 9.76. The Morgan fingerprint density at radius 3 is 3.05 bits per heavy atom. The zero-order chi connectivity index (χ0) is 14.4. The maximum absolute atomic E-state index is 12.5. The predicted molar refractivity (Wildman–Crippen MR) is 76.2 cm³/mol. The van der Waals surface area contributed by atoms with Crippen LogP contribution in [0.5, 0.6) is 0 Å². The van der Waals surface area contributed by atoms with Crippen molar-refractivity contribution in [1.82, 2.24) is 15.2 Å². The molecule has 1 aliphatic heterocycles. The molecule has 5 heteroatoms. The Morgan fingerprint density at radius 1 is 1.55 bits per heavy atom. The van der Waals surface area contributed by atoms with Gasteiger partial charge in [0.25, 0.3) is 5.91 Å². The van der Waals surface area contributed by atoms with Crippen LogP contribution in [0, 0.1) is 11.3 Å². The molecule has 1 unspecified atom stereocenters. The molecule has 0 spiro atoms. The number of nitriles is 1. The van der Waals surface area contributed by atoms with Gasteiger partial charge in [-0.3, -0.25) is 4.79 Å². The Balaban J connectivity index is 2.10. The van der Waals surface area contributed by atoms with Gasteiger partial charge in [-0.05, 0) is 51.4 Å². The summed E-state index contributed by atoms with van der Waals surface area (Å²) in [6.45, 7) is 1.71. The fraction of sp³-hybridized carbons (Fsp3) is 0.533. The van der Waals surface area contributed by atoms with E-state index >= 15 is 0 Å². The Labute approximate surface area is 119 Å². The maximum atomic E-state index is 12.5. The van der Waals surface area contributed by atoms with Crippen LogP contribution in [0.15, 0.2) is 18.3 Å². The van der Waals surface area contributed by atoms with E-state index in [2.05, 4.69) is 10.3 Å². The van der Waals surface area contributed by atoms with Gasteiger partial charge in [0, 0.05) is 18.8 Å². The highest BCUT2D eigenvalue weighted by Crippen LogP contribution is 2.21. The van der Waals surface area contributed by atoms with Crippen molar-refractivity contribution in [2.45, 2.75) is 31.7 Å². The molecule has 1 amide bonds. The Hall–Kier alpha value is -1.93. The molecule has 1 fully saturated rings. The zero-order valence-electron chi connectivity index (χ0n) is 11.8. The topological polar surface area (TPSA) is 69.0 Å². The molecule has 1 N–H and O–H groups in total. The van der Waals surface area contributed by atoms with E-state index in [-0.39, 0.29) is 5.91 Å². The molecule has 2 heterocycles. The van der Waals surface area contributed by atoms with Crippen LogP contribution < -0.4 is 5.32 Å². The molecule has 5 nitrogen and oxygen atoms in total. The standard InChI is InChI=1S/C15H20N4O/c1-17-8-7-13-4-2-3-9-19(13)15(20)14-6-5-12(10-16)11-18-14/h5-6,11,13,17H,2-4,7-9H2,1H3. The van der Waals surface area contributed by atoms with E-state index in [1.165, 1.54) is 12.6 Å². The Bertz CT molecular complexity index is 492. The summed E-state index contributed by atoms with van der Waals surface area (Å²) in [6, 6.07) is 5.60. The number of hydrogen-bond donors (Lipinski definition) is 1. The molecule has 0 aliphatic carbocycles. The van der Waals surface area contributed by atoms with E-state index in [0.717, 1.165) is 32.4 Å². The SMILES string of the molecule is CNCCC1CCCCN1C(=O)c1ccc(C#N)cn1. The second-order valence-corrected chi connectivity index (χ2v) is 5.08. The molecule has 1 aromatic rings. The molecule has 1 atom stereocenters. The first-order valence-electron chi connectivity index (χ1n) is 7.08. The first kappa shape index (κ1) is 14.5. The summed E-state index contributed by atoms with van der Waals surface area (Å²) in [5.41, 5.74) is 0.910. The van der Waals surface area contributed by atoms with Crippen molar-refractivity contribution in [3.05, 3.63) is 29.6 Å². The molecule has 2 rings (SSSR count). The van der Waals surface area contributed by atoms with Gasteiger partial charge in [0.15, 0.2) is 0 Å². The minimum Gasteiger partial charge on any atom is -0.334 e. The van der Waals surface area contributed by atoms with Crippen molar-refractivity contribution in [3.63, 3.8) is 0 Å². The van der Waals surface area contributed by atoms with Gasteiger partial charge >= 0.3 is 0 Å². The molecule has 1 aromatic heterocycles. The zero-order valence-corrected chi connectivity index (χ0v) is 11.8. The van der Waals surface area contributed by atoms with Crippen LogP contribution in [0.2, 0.25) is 0 Å². The van der Waals surface area contributed by atoms with Gasteiger partial charge in [-0.1, -0.05) is 0 Å². The third-order valence-corrected chi connectivity index (χ3v) is 3.73. The molecular weight excluding hydrogens is 252 g/mol. The van der Waals surface area contributed by atoms with Crippen molar-refractivity contribution in [2.75, 3.05) is 20.1 Å². The summed E-state index contributed by atoms with van der Waals surface area (Å²) in [5.74, 6) is -0.0182. The number of nitrogens with zero attached hydrogens (tertiary/aromatic N) is 3. The van der Waals surface area contributed by atoms with Gasteiger partial charge in [-0.15, -0.1) is 0 Å². The fourth-order valence-corrected chi connectivity index (χ4v) is 2.61. The van der Waals surface area contributed by atoms with Crippen LogP contribution >= 0.6 is 0 Å². The monoisotopic (exact) mass is 272 g/mol. The van der Waals surface area contributed by atoms with Crippen LogP contribution in [-0.2, 0) is 0 Å². The number of amides is 1. The van der Waals surface area contributed by atoms with Gasteiger partial charge in [0.1, 0.15) is 11.8 Å². The number of pyridine rings is 1. The number of carbonyl (C=O) groups is 1. The summed E-state index contributed by atoms with van der Waals surface area (Å²) >= 11 is 0. The predicted octanol–water partition coefficient (Wildman–Crippen LogP) is 1.56. The molecule has 0 saturated carbocycles. The average Bonchev–Trinajstić information content (AvgIpc) is 2.52. The van der Waals surface area contributed by atoms with Crippen LogP contribution in [0.1, 0.15) is 41.7 Å². The second-order valence-electron chi connectivity index (χ2n) is 5.08. The lowest BCUT2D eigenvalue weighted by Crippen LogP contribution is -2.45. The minimum atomic E-state index is -0.0182. The summed E-state index contributed by atoms with van der Waals surface area (Å²) < 4.78 is 0. The van der Waals surface area contributed by atoms with Gasteiger partial charge in [0.05, 0.1) is 5.56 Å². The lowest BCUT2D eigenvalue weighted by atomic mass is 9.98. The van der Waals surface area contributed by atoms with Gasteiger partial charge < -0.3 is 10.2 Å². The van der Waals surface area contributed by atoms with Crippen LogP contribution in [0.25, 0.3) is 0 Å². The van der Waals surface area contributed by atoms with E-state index in [4.69, 9.17) is 5.26 Å². The lowest BCUT2D eigenvalue weighted by Gasteiger charge is -2.35. The highest BCUT2D eigenvalue weighted by Gasteiger charge is 2.27. The van der Waals surface area contributed by atoms with Crippen molar-refractivity contribution < 1.29 is 4.79 Å². The maximum Gasteiger partial charge on any atom is 0.272 e. The molecule has 0 bridgehead atoms. The molecular formula is C15H20N4O. The molecule has 0 aromatic carbocycles. The van der Waals surface area contributed by atoms with E-state index < -0.39 is 0 Å². The molecule has 1 saturated heterocycles. The summed E-state index contributed by atoms with van der Waals surface area (Å²) in [5, 5.41) is 11.9. The van der Waals surface area contributed by atoms with Crippen molar-refractivity contribution in [1.29, 1.82) is 5.26 Å². The number of nitrogens with one attached hydrogen (secondary N) is 1. The second kappa shape index (κ2) is 7.01. The highest BCUT2D eigenvalue weighted by atomic mass is 16.2. The minimum absolute atomic E-state index is 0.0182. The van der Waals surface area contributed by atoms with E-state index in [9.17, 15) is 4.79 Å². The smallest absolute Gasteiger partial charge is 0.272 e. The van der Waals surface area contributed by atoms with Gasteiger partial charge in [-0.25, -0.2) is 4.98 Å². The van der Waals surface area contributed by atoms with Crippen molar-refractivity contribution >= 4 is 5.91 Å². The quantitative estimate of drug-likeness (QED) is 0.903. The van der Waals surface area contributed by atoms with E-state index in [1.54, 1.807) is 12.1 Å². The van der Waals surface area contributed by atoms with E-state index in [0.29, 0.717) is 17.3 Å². The number of likely N-dealkylation sites (tertiary alicyclic amines) is 1. The number of rotatable bonds is 4. The van der Waals surface area contributed by atoms with Crippen molar-refractivity contribution in [2.24, 2.45) is 0 Å². The third-order valence-electron chi connectivity index (χ3n) is 3.73. The Kier molecular flexibility index (Phi) is 5.08. The molecule has 0 radical (unpaired) electrons. The fourth-order valence-electron chi connectivity index (χ4n) is 2.61. The molecule has 1 aliphatic rings. The van der Waals surface area contributed by atoms with Gasteiger partial charge in [-0.2, -0.15) is 5.26 Å². The van der Waals surface area contributed by atoms with Crippen LogP contribution in [0.3, 0.4) is 0 Å². The first-order valence-corrected chi connectivity index (χ1v) is 7.08.